The molecule has 0 heterocycles. The van der Waals surface area contributed by atoms with Crippen LogP contribution in [0, 0.1) is 0 Å². The van der Waals surface area contributed by atoms with E-state index in [2.05, 4.69) is 4.74 Å². The zero-order valence-corrected chi connectivity index (χ0v) is 11.3. The van der Waals surface area contributed by atoms with Crippen molar-refractivity contribution < 1.29 is 23.0 Å². The first-order valence-corrected chi connectivity index (χ1v) is 6.94. The number of hydrogen-bond donors (Lipinski definition) is 1. The zero-order chi connectivity index (χ0) is 14.6. The Balaban J connectivity index is 1.95. The van der Waals surface area contributed by atoms with Crippen molar-refractivity contribution in [3.05, 3.63) is 36.4 Å². The lowest BCUT2D eigenvalue weighted by molar-refractivity contribution is -0.172. The van der Waals surface area contributed by atoms with E-state index in [0.717, 1.165) is 15.7 Å². The van der Waals surface area contributed by atoms with Gasteiger partial charge in [-0.15, -0.1) is 11.8 Å². The van der Waals surface area contributed by atoms with Crippen molar-refractivity contribution >= 4 is 22.5 Å². The van der Waals surface area contributed by atoms with Crippen LogP contribution in [-0.2, 0) is 4.74 Å². The van der Waals surface area contributed by atoms with E-state index in [-0.39, 0.29) is 12.4 Å². The van der Waals surface area contributed by atoms with Gasteiger partial charge in [0.1, 0.15) is 12.4 Å². The molecule has 108 valence electrons. The number of hydrogen-bond acceptors (Lipinski definition) is 3. The molecule has 2 rings (SSSR count). The fourth-order valence-corrected chi connectivity index (χ4v) is 2.70. The summed E-state index contributed by atoms with van der Waals surface area (Å²) < 4.78 is 40.3. The molecule has 0 aliphatic heterocycles. The number of halogens is 3. The maximum absolute atomic E-state index is 11.9. The van der Waals surface area contributed by atoms with Gasteiger partial charge in [-0.3, -0.25) is 0 Å². The molecule has 0 unspecified atom stereocenters. The number of alkyl halides is 3. The number of thioether (sulfide) groups is 1. The van der Waals surface area contributed by atoms with Crippen LogP contribution in [0.2, 0.25) is 0 Å². The molecule has 0 fully saturated rings. The van der Waals surface area contributed by atoms with Crippen molar-refractivity contribution in [1.29, 1.82) is 0 Å². The van der Waals surface area contributed by atoms with Crippen molar-refractivity contribution in [2.24, 2.45) is 0 Å². The molecule has 0 aromatic heterocycles. The van der Waals surface area contributed by atoms with Crippen LogP contribution in [-0.4, -0.2) is 30.2 Å². The van der Waals surface area contributed by atoms with E-state index in [9.17, 15) is 18.3 Å². The van der Waals surface area contributed by atoms with Gasteiger partial charge in [-0.05, 0) is 17.5 Å². The van der Waals surface area contributed by atoms with E-state index in [1.807, 2.05) is 18.2 Å². The van der Waals surface area contributed by atoms with Gasteiger partial charge < -0.3 is 9.84 Å². The summed E-state index contributed by atoms with van der Waals surface area (Å²) in [7, 11) is 0. The van der Waals surface area contributed by atoms with Crippen LogP contribution < -0.4 is 0 Å². The highest BCUT2D eigenvalue weighted by Gasteiger charge is 2.27. The van der Waals surface area contributed by atoms with Crippen LogP contribution in [0.25, 0.3) is 10.8 Å². The van der Waals surface area contributed by atoms with Crippen LogP contribution in [0.4, 0.5) is 13.2 Å². The monoisotopic (exact) mass is 302 g/mol. The molecule has 0 spiro atoms. The summed E-state index contributed by atoms with van der Waals surface area (Å²) in [4.78, 5) is 0.911. The Bertz CT molecular complexity index is 584. The van der Waals surface area contributed by atoms with E-state index in [1.165, 1.54) is 11.8 Å². The van der Waals surface area contributed by atoms with E-state index >= 15 is 0 Å². The van der Waals surface area contributed by atoms with E-state index < -0.39 is 12.8 Å². The fraction of sp³-hybridized carbons (Fsp3) is 0.286. The van der Waals surface area contributed by atoms with Crippen LogP contribution in [0.1, 0.15) is 0 Å². The van der Waals surface area contributed by atoms with Crippen LogP contribution >= 0.6 is 11.8 Å². The SMILES string of the molecule is Oc1ccc(SCCOCC(F)(F)F)c2ccccc12. The summed E-state index contributed by atoms with van der Waals surface area (Å²) in [6.45, 7) is -1.19. The van der Waals surface area contributed by atoms with Gasteiger partial charge in [0, 0.05) is 16.0 Å². The first-order valence-electron chi connectivity index (χ1n) is 5.95. The normalized spacial score (nSPS) is 11.9. The molecule has 0 amide bonds. The third-order valence-corrected chi connectivity index (χ3v) is 3.65. The Labute approximate surface area is 118 Å². The second-order valence-corrected chi connectivity index (χ2v) is 5.28. The fourth-order valence-electron chi connectivity index (χ4n) is 1.78. The summed E-state index contributed by atoms with van der Waals surface area (Å²) in [6, 6.07) is 10.7. The molecule has 0 saturated carbocycles. The summed E-state index contributed by atoms with van der Waals surface area (Å²) in [5.41, 5.74) is 0. The van der Waals surface area contributed by atoms with Crippen molar-refractivity contribution in [3.63, 3.8) is 0 Å². The van der Waals surface area contributed by atoms with Gasteiger partial charge in [-0.1, -0.05) is 24.3 Å². The minimum absolute atomic E-state index is 0.0272. The minimum Gasteiger partial charge on any atom is -0.507 e. The maximum Gasteiger partial charge on any atom is 0.411 e. The molecule has 1 N–H and O–H groups in total. The number of fused-ring (bicyclic) bond motifs is 1. The Morgan fingerprint density at radius 3 is 2.45 bits per heavy atom. The van der Waals surface area contributed by atoms with Crippen molar-refractivity contribution in [2.75, 3.05) is 19.0 Å². The van der Waals surface area contributed by atoms with Gasteiger partial charge in [0.25, 0.3) is 0 Å². The third-order valence-electron chi connectivity index (χ3n) is 2.61. The Morgan fingerprint density at radius 2 is 1.75 bits per heavy atom. The quantitative estimate of drug-likeness (QED) is 0.662. The van der Waals surface area contributed by atoms with Crippen molar-refractivity contribution in [1.82, 2.24) is 0 Å². The van der Waals surface area contributed by atoms with Gasteiger partial charge in [0.2, 0.25) is 0 Å². The van der Waals surface area contributed by atoms with Crippen LogP contribution in [0.15, 0.2) is 41.3 Å². The number of phenols is 1. The lowest BCUT2D eigenvalue weighted by Crippen LogP contribution is -2.17. The lowest BCUT2D eigenvalue weighted by Gasteiger charge is -2.09. The van der Waals surface area contributed by atoms with Crippen molar-refractivity contribution in [3.8, 4) is 5.75 Å². The lowest BCUT2D eigenvalue weighted by atomic mass is 10.1. The first kappa shape index (κ1) is 15.0. The van der Waals surface area contributed by atoms with E-state index in [4.69, 9.17) is 0 Å². The first-order chi connectivity index (χ1) is 9.47. The average Bonchev–Trinajstić information content (AvgIpc) is 2.40. The largest absolute Gasteiger partial charge is 0.507 e. The third kappa shape index (κ3) is 4.05. The van der Waals surface area contributed by atoms with Crippen LogP contribution in [0.3, 0.4) is 0 Å². The van der Waals surface area contributed by atoms with Gasteiger partial charge in [-0.2, -0.15) is 13.2 Å². The zero-order valence-electron chi connectivity index (χ0n) is 10.5. The highest BCUT2D eigenvalue weighted by Crippen LogP contribution is 2.33. The summed E-state index contributed by atoms with van der Waals surface area (Å²) in [5.74, 6) is 0.614. The molecule has 0 bridgehead atoms. The number of phenolic OH excluding ortho intramolecular Hbond substituents is 1. The molecule has 2 aromatic carbocycles. The molecule has 0 saturated heterocycles. The molecule has 0 aliphatic carbocycles. The molecule has 2 nitrogen and oxygen atoms in total. The smallest absolute Gasteiger partial charge is 0.411 e. The average molecular weight is 302 g/mol. The molecular formula is C14H13F3O2S. The van der Waals surface area contributed by atoms with Crippen LogP contribution in [0.5, 0.6) is 5.75 Å². The highest BCUT2D eigenvalue weighted by atomic mass is 32.2. The van der Waals surface area contributed by atoms with Gasteiger partial charge in [-0.25, -0.2) is 0 Å². The molecule has 0 radical (unpaired) electrons. The molecule has 20 heavy (non-hydrogen) atoms. The van der Waals surface area contributed by atoms with E-state index in [1.54, 1.807) is 18.2 Å². The molecule has 2 aromatic rings. The summed E-state index contributed by atoms with van der Waals surface area (Å²) in [5, 5.41) is 11.3. The number of benzene rings is 2. The standard InChI is InChI=1S/C14H13F3O2S/c15-14(16,17)9-19-7-8-20-13-6-5-12(18)10-3-1-2-4-11(10)13/h1-6,18H,7-9H2. The summed E-state index contributed by atoms with van der Waals surface area (Å²) in [6.07, 6.45) is -4.28. The predicted octanol–water partition coefficient (Wildman–Crippen LogP) is 4.22. The van der Waals surface area contributed by atoms with E-state index in [0.29, 0.717) is 5.75 Å². The Kier molecular flexibility index (Phi) is 4.77. The number of ether oxygens (including phenoxy) is 1. The van der Waals surface area contributed by atoms with Crippen molar-refractivity contribution in [2.45, 2.75) is 11.1 Å². The number of rotatable bonds is 5. The summed E-state index contributed by atoms with van der Waals surface area (Å²) >= 11 is 1.41. The maximum atomic E-state index is 11.9. The Hall–Kier alpha value is -1.40. The molecule has 0 atom stereocenters. The Morgan fingerprint density at radius 1 is 1.05 bits per heavy atom. The molecular weight excluding hydrogens is 289 g/mol. The second kappa shape index (κ2) is 6.37. The molecule has 0 aliphatic rings. The second-order valence-electron chi connectivity index (χ2n) is 4.14. The van der Waals surface area contributed by atoms with Gasteiger partial charge in [0.15, 0.2) is 0 Å². The molecule has 6 heteroatoms. The predicted molar refractivity (Wildman–Crippen MR) is 73.2 cm³/mol. The topological polar surface area (TPSA) is 29.5 Å². The van der Waals surface area contributed by atoms with Gasteiger partial charge >= 0.3 is 6.18 Å². The highest BCUT2D eigenvalue weighted by molar-refractivity contribution is 7.99. The van der Waals surface area contributed by atoms with Gasteiger partial charge in [0.05, 0.1) is 6.61 Å². The minimum atomic E-state index is -4.28. The number of aromatic hydroxyl groups is 1.